The lowest BCUT2D eigenvalue weighted by atomic mass is 9.92. The van der Waals surface area contributed by atoms with Gasteiger partial charge in [-0.15, -0.1) is 24.8 Å². The quantitative estimate of drug-likeness (QED) is 0.648. The minimum Gasteiger partial charge on any atom is -0.345 e. The van der Waals surface area contributed by atoms with Gasteiger partial charge in [0.05, 0.1) is 11.1 Å². The molecule has 2 aromatic rings. The first-order valence-corrected chi connectivity index (χ1v) is 8.37. The van der Waals surface area contributed by atoms with Crippen LogP contribution in [0, 0.1) is 0 Å². The van der Waals surface area contributed by atoms with E-state index in [1.54, 1.807) is 42.6 Å². The van der Waals surface area contributed by atoms with E-state index in [1.807, 2.05) is 13.8 Å². The Bertz CT molecular complexity index is 729. The van der Waals surface area contributed by atoms with Crippen molar-refractivity contribution in [3.05, 3.63) is 59.9 Å². The van der Waals surface area contributed by atoms with E-state index in [9.17, 15) is 9.59 Å². The Morgan fingerprint density at radius 3 is 2.26 bits per heavy atom. The van der Waals surface area contributed by atoms with E-state index in [0.29, 0.717) is 23.4 Å². The molecule has 27 heavy (non-hydrogen) atoms. The van der Waals surface area contributed by atoms with Crippen LogP contribution in [0.5, 0.6) is 0 Å². The number of carbonyl (C=O) groups is 2. The summed E-state index contributed by atoms with van der Waals surface area (Å²) in [6.45, 7) is 4.38. The third-order valence-electron chi connectivity index (χ3n) is 4.43. The predicted molar refractivity (Wildman–Crippen MR) is 113 cm³/mol. The topological polar surface area (TPSA) is 97.1 Å². The highest BCUT2D eigenvalue weighted by atomic mass is 35.5. The largest absolute Gasteiger partial charge is 0.345 e. The normalized spacial score (nSPS) is 10.2. The van der Waals surface area contributed by atoms with Gasteiger partial charge in [0, 0.05) is 30.2 Å². The van der Waals surface area contributed by atoms with E-state index in [-0.39, 0.29) is 36.6 Å². The van der Waals surface area contributed by atoms with Crippen molar-refractivity contribution >= 4 is 42.3 Å². The molecule has 0 spiro atoms. The Labute approximate surface area is 172 Å². The molecule has 0 saturated carbocycles. The summed E-state index contributed by atoms with van der Waals surface area (Å²) in [7, 11) is 0. The van der Waals surface area contributed by atoms with Gasteiger partial charge in [-0.3, -0.25) is 14.6 Å². The second-order valence-corrected chi connectivity index (χ2v) is 5.92. The van der Waals surface area contributed by atoms with E-state index < -0.39 is 5.54 Å². The summed E-state index contributed by atoms with van der Waals surface area (Å²) < 4.78 is 0. The van der Waals surface area contributed by atoms with Crippen LogP contribution in [0.1, 0.15) is 47.4 Å². The van der Waals surface area contributed by atoms with E-state index in [1.165, 1.54) is 6.20 Å². The van der Waals surface area contributed by atoms with Crippen molar-refractivity contribution in [2.45, 2.75) is 32.2 Å². The van der Waals surface area contributed by atoms with E-state index in [2.05, 4.69) is 15.6 Å². The second kappa shape index (κ2) is 11.5. The van der Waals surface area contributed by atoms with Crippen LogP contribution in [0.25, 0.3) is 0 Å². The molecule has 0 radical (unpaired) electrons. The predicted octanol–water partition coefficient (Wildman–Crippen LogP) is 3.42. The van der Waals surface area contributed by atoms with Gasteiger partial charge in [-0.25, -0.2) is 0 Å². The van der Waals surface area contributed by atoms with Gasteiger partial charge >= 0.3 is 0 Å². The highest BCUT2D eigenvalue weighted by Gasteiger charge is 2.26. The average Bonchev–Trinajstić information content (AvgIpc) is 2.67. The minimum absolute atomic E-state index is 0. The van der Waals surface area contributed by atoms with Crippen LogP contribution in [0.4, 0.5) is 5.69 Å². The number of benzene rings is 1. The SMILES string of the molecule is CCC(CC)(CN)NC(=O)c1cccc(NC(=O)c2cccnc2)c1.Cl.Cl. The number of carbonyl (C=O) groups excluding carboxylic acids is 2. The number of aromatic nitrogens is 1. The number of halogens is 2. The fourth-order valence-corrected chi connectivity index (χ4v) is 2.52. The monoisotopic (exact) mass is 412 g/mol. The number of nitrogens with zero attached hydrogens (tertiary/aromatic N) is 1. The lowest BCUT2D eigenvalue weighted by Gasteiger charge is -2.31. The first-order chi connectivity index (χ1) is 12.0. The van der Waals surface area contributed by atoms with Crippen molar-refractivity contribution in [2.24, 2.45) is 5.73 Å². The fourth-order valence-electron chi connectivity index (χ4n) is 2.52. The number of nitrogens with one attached hydrogen (secondary N) is 2. The fraction of sp³-hybridized carbons (Fsp3) is 0.316. The maximum Gasteiger partial charge on any atom is 0.257 e. The summed E-state index contributed by atoms with van der Waals surface area (Å²) in [5.74, 6) is -0.476. The van der Waals surface area contributed by atoms with Crippen molar-refractivity contribution in [3.8, 4) is 0 Å². The molecule has 0 saturated heterocycles. The molecule has 0 unspecified atom stereocenters. The lowest BCUT2D eigenvalue weighted by Crippen LogP contribution is -2.52. The Kier molecular flexibility index (Phi) is 10.6. The molecule has 1 aromatic heterocycles. The third-order valence-corrected chi connectivity index (χ3v) is 4.43. The molecular weight excluding hydrogens is 387 g/mol. The molecule has 2 rings (SSSR count). The smallest absolute Gasteiger partial charge is 0.257 e. The van der Waals surface area contributed by atoms with Gasteiger partial charge in [-0.05, 0) is 43.2 Å². The molecule has 2 amide bonds. The number of nitrogens with two attached hydrogens (primary N) is 1. The van der Waals surface area contributed by atoms with Crippen LogP contribution in [-0.4, -0.2) is 28.9 Å². The highest BCUT2D eigenvalue weighted by molar-refractivity contribution is 6.05. The molecule has 0 bridgehead atoms. The highest BCUT2D eigenvalue weighted by Crippen LogP contribution is 2.17. The van der Waals surface area contributed by atoms with Crippen LogP contribution in [0.2, 0.25) is 0 Å². The maximum absolute atomic E-state index is 12.6. The zero-order valence-electron chi connectivity index (χ0n) is 15.4. The molecule has 6 nitrogen and oxygen atoms in total. The van der Waals surface area contributed by atoms with Crippen LogP contribution < -0.4 is 16.4 Å². The van der Waals surface area contributed by atoms with Gasteiger partial charge in [0.2, 0.25) is 0 Å². The maximum atomic E-state index is 12.6. The molecular formula is C19H26Cl2N4O2. The summed E-state index contributed by atoms with van der Waals surface area (Å²) in [6, 6.07) is 10.2. The van der Waals surface area contributed by atoms with Crippen molar-refractivity contribution in [1.82, 2.24) is 10.3 Å². The van der Waals surface area contributed by atoms with Crippen molar-refractivity contribution in [3.63, 3.8) is 0 Å². The van der Waals surface area contributed by atoms with Crippen LogP contribution >= 0.6 is 24.8 Å². The van der Waals surface area contributed by atoms with Gasteiger partial charge in [-0.2, -0.15) is 0 Å². The Balaban J connectivity index is 0.00000338. The number of anilines is 1. The van der Waals surface area contributed by atoms with E-state index in [4.69, 9.17) is 5.73 Å². The van der Waals surface area contributed by atoms with E-state index in [0.717, 1.165) is 12.8 Å². The summed E-state index contributed by atoms with van der Waals surface area (Å²) in [6.07, 6.45) is 4.60. The number of hydrogen-bond donors (Lipinski definition) is 3. The summed E-state index contributed by atoms with van der Waals surface area (Å²) in [4.78, 5) is 28.7. The van der Waals surface area contributed by atoms with Gasteiger partial charge in [-0.1, -0.05) is 19.9 Å². The molecule has 1 heterocycles. The number of pyridine rings is 1. The molecule has 0 aliphatic heterocycles. The first kappa shape index (κ1) is 24.8. The zero-order chi connectivity index (χ0) is 18.3. The minimum atomic E-state index is -0.411. The standard InChI is InChI=1S/C19H24N4O2.2ClH/c1-3-19(4-2,13-20)23-18(25)14-7-5-9-16(11-14)22-17(24)15-8-6-10-21-12-15;;/h5-12H,3-4,13,20H2,1-2H3,(H,22,24)(H,23,25);2*1H. The molecule has 148 valence electrons. The third kappa shape index (κ3) is 6.50. The molecule has 1 aromatic carbocycles. The Morgan fingerprint density at radius 2 is 1.70 bits per heavy atom. The van der Waals surface area contributed by atoms with Gasteiger partial charge in [0.1, 0.15) is 0 Å². The van der Waals surface area contributed by atoms with E-state index >= 15 is 0 Å². The Morgan fingerprint density at radius 1 is 1.04 bits per heavy atom. The van der Waals surface area contributed by atoms with Gasteiger partial charge in [0.25, 0.3) is 11.8 Å². The van der Waals surface area contributed by atoms with Crippen LogP contribution in [-0.2, 0) is 0 Å². The van der Waals surface area contributed by atoms with Gasteiger partial charge < -0.3 is 16.4 Å². The van der Waals surface area contributed by atoms with Crippen LogP contribution in [0.3, 0.4) is 0 Å². The molecule has 0 fully saturated rings. The number of amides is 2. The number of rotatable bonds is 7. The second-order valence-electron chi connectivity index (χ2n) is 5.92. The van der Waals surface area contributed by atoms with Gasteiger partial charge in [0.15, 0.2) is 0 Å². The molecule has 4 N–H and O–H groups in total. The molecule has 0 aliphatic rings. The number of hydrogen-bond acceptors (Lipinski definition) is 4. The Hall–Kier alpha value is -2.15. The van der Waals surface area contributed by atoms with Crippen molar-refractivity contribution in [1.29, 1.82) is 0 Å². The lowest BCUT2D eigenvalue weighted by molar-refractivity contribution is 0.0894. The molecule has 0 aliphatic carbocycles. The summed E-state index contributed by atoms with van der Waals surface area (Å²) in [5, 5.41) is 5.80. The summed E-state index contributed by atoms with van der Waals surface area (Å²) in [5.41, 5.74) is 6.91. The van der Waals surface area contributed by atoms with Crippen LogP contribution in [0.15, 0.2) is 48.8 Å². The molecule has 8 heteroatoms. The first-order valence-electron chi connectivity index (χ1n) is 8.37. The van der Waals surface area contributed by atoms with Crippen molar-refractivity contribution < 1.29 is 9.59 Å². The molecule has 0 atom stereocenters. The van der Waals surface area contributed by atoms with Crippen molar-refractivity contribution in [2.75, 3.05) is 11.9 Å². The zero-order valence-corrected chi connectivity index (χ0v) is 17.0. The average molecular weight is 413 g/mol. The summed E-state index contributed by atoms with van der Waals surface area (Å²) >= 11 is 0.